The van der Waals surface area contributed by atoms with Crippen molar-refractivity contribution in [2.45, 2.75) is 6.92 Å². The van der Waals surface area contributed by atoms with Gasteiger partial charge in [0.15, 0.2) is 0 Å². The van der Waals surface area contributed by atoms with Crippen LogP contribution < -0.4 is 10.2 Å². The molecule has 148 valence electrons. The van der Waals surface area contributed by atoms with E-state index in [2.05, 4.69) is 5.32 Å². The van der Waals surface area contributed by atoms with Crippen molar-refractivity contribution >= 4 is 34.4 Å². The van der Waals surface area contributed by atoms with Crippen molar-refractivity contribution in [2.24, 2.45) is 0 Å². The van der Waals surface area contributed by atoms with Crippen molar-refractivity contribution in [3.05, 3.63) is 106 Å². The first kappa shape index (κ1) is 19.1. The van der Waals surface area contributed by atoms with Crippen LogP contribution in [0.5, 0.6) is 0 Å². The summed E-state index contributed by atoms with van der Waals surface area (Å²) in [6.45, 7) is 1.95. The molecule has 1 heterocycles. The number of amides is 2. The van der Waals surface area contributed by atoms with Gasteiger partial charge in [0.05, 0.1) is 16.2 Å². The lowest BCUT2D eigenvalue weighted by molar-refractivity contribution is -0.384. The quantitative estimate of drug-likeness (QED) is 0.392. The summed E-state index contributed by atoms with van der Waals surface area (Å²) in [7, 11) is 0. The summed E-state index contributed by atoms with van der Waals surface area (Å²) in [5.74, 6) is -0.977. The number of carbonyl (C=O) groups excluding carboxylic acids is 2. The summed E-state index contributed by atoms with van der Waals surface area (Å²) in [4.78, 5) is 38.1. The third kappa shape index (κ3) is 3.44. The molecule has 0 aromatic heterocycles. The molecule has 0 saturated heterocycles. The van der Waals surface area contributed by atoms with Crippen LogP contribution in [0.2, 0.25) is 0 Å². The zero-order chi connectivity index (χ0) is 21.3. The number of aryl methyl sites for hydroxylation is 1. The molecule has 0 saturated carbocycles. The molecule has 3 aromatic rings. The highest BCUT2D eigenvalue weighted by Crippen LogP contribution is 2.34. The molecule has 0 bridgehead atoms. The molecule has 0 spiro atoms. The van der Waals surface area contributed by atoms with E-state index < -0.39 is 16.7 Å². The lowest BCUT2D eigenvalue weighted by atomic mass is 10.0. The highest BCUT2D eigenvalue weighted by molar-refractivity contribution is 6.46. The maximum absolute atomic E-state index is 13.3. The van der Waals surface area contributed by atoms with Gasteiger partial charge in [0, 0.05) is 17.8 Å². The van der Waals surface area contributed by atoms with Gasteiger partial charge < -0.3 is 5.32 Å². The first-order chi connectivity index (χ1) is 14.5. The summed E-state index contributed by atoms with van der Waals surface area (Å²) in [5, 5.41) is 14.0. The Morgan fingerprint density at radius 2 is 1.47 bits per heavy atom. The highest BCUT2D eigenvalue weighted by atomic mass is 16.6. The highest BCUT2D eigenvalue weighted by Gasteiger charge is 2.40. The van der Waals surface area contributed by atoms with Crippen LogP contribution in [0.3, 0.4) is 0 Å². The zero-order valence-corrected chi connectivity index (χ0v) is 16.0. The maximum atomic E-state index is 13.3. The van der Waals surface area contributed by atoms with Crippen LogP contribution in [0.1, 0.15) is 11.1 Å². The van der Waals surface area contributed by atoms with Gasteiger partial charge in [-0.15, -0.1) is 0 Å². The Hall–Kier alpha value is -4.26. The number of imide groups is 1. The molecule has 0 radical (unpaired) electrons. The van der Waals surface area contributed by atoms with E-state index in [-0.39, 0.29) is 17.0 Å². The van der Waals surface area contributed by atoms with Crippen molar-refractivity contribution in [2.75, 3.05) is 10.2 Å². The first-order valence-electron chi connectivity index (χ1n) is 9.22. The molecule has 7 nitrogen and oxygen atoms in total. The van der Waals surface area contributed by atoms with E-state index in [0.29, 0.717) is 16.9 Å². The van der Waals surface area contributed by atoms with Gasteiger partial charge in [0.2, 0.25) is 0 Å². The number of nitro groups is 1. The van der Waals surface area contributed by atoms with Gasteiger partial charge in [-0.25, -0.2) is 4.90 Å². The predicted molar refractivity (Wildman–Crippen MR) is 114 cm³/mol. The third-order valence-electron chi connectivity index (χ3n) is 4.79. The Labute approximate surface area is 172 Å². The van der Waals surface area contributed by atoms with E-state index in [1.54, 1.807) is 30.3 Å². The standard InChI is InChI=1S/C23H17N3O4/c1-15-7-11-17(12-8-15)24-21-20(16-9-13-19(14-10-16)26(29)30)22(27)25(23(21)28)18-5-3-2-4-6-18/h2-14,24H,1H3. The smallest absolute Gasteiger partial charge is 0.282 e. The molecule has 1 aliphatic rings. The minimum absolute atomic E-state index is 0.0934. The number of benzene rings is 3. The average molecular weight is 399 g/mol. The number of hydrogen-bond acceptors (Lipinski definition) is 5. The number of nitrogens with one attached hydrogen (secondary N) is 1. The summed E-state index contributed by atoms with van der Waals surface area (Å²) in [5.41, 5.74) is 2.79. The lowest BCUT2D eigenvalue weighted by Gasteiger charge is -2.15. The number of anilines is 2. The lowest BCUT2D eigenvalue weighted by Crippen LogP contribution is -2.32. The van der Waals surface area contributed by atoms with Crippen LogP contribution in [-0.4, -0.2) is 16.7 Å². The van der Waals surface area contributed by atoms with Gasteiger partial charge >= 0.3 is 0 Å². The number of non-ortho nitro benzene ring substituents is 1. The second-order valence-corrected chi connectivity index (χ2v) is 6.83. The van der Waals surface area contributed by atoms with Crippen LogP contribution in [0.4, 0.5) is 17.1 Å². The van der Waals surface area contributed by atoms with Crippen molar-refractivity contribution in [1.29, 1.82) is 0 Å². The van der Waals surface area contributed by atoms with Crippen LogP contribution in [0.25, 0.3) is 5.57 Å². The van der Waals surface area contributed by atoms with Gasteiger partial charge in [-0.3, -0.25) is 19.7 Å². The Bertz CT molecular complexity index is 1170. The summed E-state index contributed by atoms with van der Waals surface area (Å²) in [6.07, 6.45) is 0. The Balaban J connectivity index is 1.81. The second kappa shape index (κ2) is 7.63. The van der Waals surface area contributed by atoms with Crippen LogP contribution >= 0.6 is 0 Å². The van der Waals surface area contributed by atoms with Gasteiger partial charge in [-0.05, 0) is 48.9 Å². The Kier molecular flexibility index (Phi) is 4.85. The largest absolute Gasteiger partial charge is 0.350 e. The summed E-state index contributed by atoms with van der Waals surface area (Å²) >= 11 is 0. The predicted octanol–water partition coefficient (Wildman–Crippen LogP) is 4.30. The molecule has 0 aliphatic carbocycles. The average Bonchev–Trinajstić information content (AvgIpc) is 3.00. The molecule has 3 aromatic carbocycles. The fraction of sp³-hybridized carbons (Fsp3) is 0.0435. The van der Waals surface area contributed by atoms with E-state index in [4.69, 9.17) is 0 Å². The van der Waals surface area contributed by atoms with E-state index in [1.807, 2.05) is 31.2 Å². The number of rotatable bonds is 5. The first-order valence-corrected chi connectivity index (χ1v) is 9.22. The van der Waals surface area contributed by atoms with Crippen molar-refractivity contribution < 1.29 is 14.5 Å². The fourth-order valence-corrected chi connectivity index (χ4v) is 3.26. The number of nitrogens with zero attached hydrogens (tertiary/aromatic N) is 2. The molecule has 1 aliphatic heterocycles. The Morgan fingerprint density at radius 1 is 0.833 bits per heavy atom. The van der Waals surface area contributed by atoms with Crippen LogP contribution in [0, 0.1) is 17.0 Å². The molecule has 1 N–H and O–H groups in total. The van der Waals surface area contributed by atoms with Crippen LogP contribution in [0.15, 0.2) is 84.6 Å². The van der Waals surface area contributed by atoms with Gasteiger partial charge in [0.1, 0.15) is 5.70 Å². The zero-order valence-electron chi connectivity index (χ0n) is 16.0. The molecule has 30 heavy (non-hydrogen) atoms. The molecule has 0 unspecified atom stereocenters. The van der Waals surface area contributed by atoms with Gasteiger partial charge in [-0.1, -0.05) is 35.9 Å². The molecule has 2 amide bonds. The molecular weight excluding hydrogens is 382 g/mol. The number of nitro benzene ring substituents is 1. The fourth-order valence-electron chi connectivity index (χ4n) is 3.26. The third-order valence-corrected chi connectivity index (χ3v) is 4.79. The molecule has 0 fully saturated rings. The summed E-state index contributed by atoms with van der Waals surface area (Å²) < 4.78 is 0. The normalized spacial score (nSPS) is 13.7. The van der Waals surface area contributed by atoms with E-state index in [0.717, 1.165) is 10.5 Å². The SMILES string of the molecule is Cc1ccc(NC2=C(c3ccc([N+](=O)[O-])cc3)C(=O)N(c3ccccc3)C2=O)cc1. The molecule has 4 rings (SSSR count). The van der Waals surface area contributed by atoms with Gasteiger partial charge in [-0.2, -0.15) is 0 Å². The van der Waals surface area contributed by atoms with E-state index in [9.17, 15) is 19.7 Å². The van der Waals surface area contributed by atoms with Gasteiger partial charge in [0.25, 0.3) is 17.5 Å². The minimum Gasteiger partial charge on any atom is -0.350 e. The Morgan fingerprint density at radius 3 is 2.07 bits per heavy atom. The number of hydrogen-bond donors (Lipinski definition) is 1. The maximum Gasteiger partial charge on any atom is 0.282 e. The van der Waals surface area contributed by atoms with E-state index >= 15 is 0 Å². The number of para-hydroxylation sites is 1. The van der Waals surface area contributed by atoms with E-state index in [1.165, 1.54) is 24.3 Å². The van der Waals surface area contributed by atoms with Crippen molar-refractivity contribution in [3.63, 3.8) is 0 Å². The number of carbonyl (C=O) groups is 2. The van der Waals surface area contributed by atoms with Crippen molar-refractivity contribution in [3.8, 4) is 0 Å². The molecule has 0 atom stereocenters. The molecule has 7 heteroatoms. The summed E-state index contributed by atoms with van der Waals surface area (Å²) in [6, 6.07) is 21.6. The monoisotopic (exact) mass is 399 g/mol. The topological polar surface area (TPSA) is 92.6 Å². The van der Waals surface area contributed by atoms with Crippen LogP contribution in [-0.2, 0) is 9.59 Å². The minimum atomic E-state index is -0.512. The second-order valence-electron chi connectivity index (χ2n) is 6.83. The molecular formula is C23H17N3O4. The van der Waals surface area contributed by atoms with Crippen molar-refractivity contribution in [1.82, 2.24) is 0 Å².